The Kier molecular flexibility index (Phi) is 5.80. The first-order valence-electron chi connectivity index (χ1n) is 13.0. The number of aliphatic imine (C=N–C) groups is 1. The van der Waals surface area contributed by atoms with E-state index in [1.54, 1.807) is 6.07 Å². The van der Waals surface area contributed by atoms with E-state index in [4.69, 9.17) is 26.7 Å². The molecule has 7 rings (SSSR count). The molecule has 38 heavy (non-hydrogen) atoms. The number of hydrogen-bond acceptors (Lipinski definition) is 7. The first kappa shape index (κ1) is 23.3. The summed E-state index contributed by atoms with van der Waals surface area (Å²) < 4.78 is 16.7. The van der Waals surface area contributed by atoms with Crippen molar-refractivity contribution in [3.8, 4) is 0 Å². The average molecular weight is 529 g/mol. The van der Waals surface area contributed by atoms with Gasteiger partial charge >= 0.3 is 0 Å². The SMILES string of the molecule is Fc1ccc(Cl)cc1C1=NCC=C1c1ccc2ncc(N3CCn4nc(N5CCCCC5)nc4C3)cc2n1. The molecule has 1 aromatic carbocycles. The normalized spacial score (nSPS) is 17.5. The molecule has 10 heteroatoms. The van der Waals surface area contributed by atoms with Crippen molar-refractivity contribution in [3.05, 3.63) is 76.6 Å². The number of piperidine rings is 1. The molecule has 1 fully saturated rings. The fourth-order valence-electron chi connectivity index (χ4n) is 5.43. The summed E-state index contributed by atoms with van der Waals surface area (Å²) in [5.41, 5.74) is 5.06. The topological polar surface area (TPSA) is 75.3 Å². The largest absolute Gasteiger partial charge is 0.361 e. The Morgan fingerprint density at radius 3 is 2.66 bits per heavy atom. The molecule has 0 N–H and O–H groups in total. The smallest absolute Gasteiger partial charge is 0.245 e. The molecule has 0 bridgehead atoms. The predicted octanol–water partition coefficient (Wildman–Crippen LogP) is 4.91. The number of nitrogens with zero attached hydrogens (tertiary/aromatic N) is 8. The number of anilines is 2. The van der Waals surface area contributed by atoms with Gasteiger partial charge in [0.1, 0.15) is 11.6 Å². The number of rotatable bonds is 4. The van der Waals surface area contributed by atoms with E-state index in [9.17, 15) is 4.39 Å². The molecule has 0 aliphatic carbocycles. The second-order valence-electron chi connectivity index (χ2n) is 9.88. The van der Waals surface area contributed by atoms with Gasteiger partial charge in [-0.2, -0.15) is 4.98 Å². The van der Waals surface area contributed by atoms with Crippen LogP contribution < -0.4 is 9.80 Å². The van der Waals surface area contributed by atoms with Crippen molar-refractivity contribution in [1.29, 1.82) is 0 Å². The molecule has 6 heterocycles. The standard InChI is InChI=1S/C28H26ClFN8/c29-18-4-5-22(30)21(14-18)27-20(8-9-31-27)23-6-7-24-25(33-23)15-19(16-32-24)37-12-13-38-26(17-37)34-28(35-38)36-10-2-1-3-11-36/h4-8,14-16H,1-3,9-13,17H2. The lowest BCUT2D eigenvalue weighted by Gasteiger charge is -2.28. The molecule has 8 nitrogen and oxygen atoms in total. The zero-order chi connectivity index (χ0) is 25.6. The highest BCUT2D eigenvalue weighted by Crippen LogP contribution is 2.29. The van der Waals surface area contributed by atoms with Crippen molar-refractivity contribution < 1.29 is 4.39 Å². The Bertz CT molecular complexity index is 1600. The Hall–Kier alpha value is -3.85. The minimum atomic E-state index is -0.355. The Morgan fingerprint density at radius 1 is 0.868 bits per heavy atom. The summed E-state index contributed by atoms with van der Waals surface area (Å²) >= 11 is 6.15. The van der Waals surface area contributed by atoms with Crippen LogP contribution in [0, 0.1) is 5.82 Å². The highest BCUT2D eigenvalue weighted by Gasteiger charge is 2.24. The number of benzene rings is 1. The lowest BCUT2D eigenvalue weighted by atomic mass is 9.99. The molecular weight excluding hydrogens is 503 g/mol. The number of fused-ring (bicyclic) bond motifs is 2. The van der Waals surface area contributed by atoms with Gasteiger partial charge < -0.3 is 9.80 Å². The minimum absolute atomic E-state index is 0.355. The average Bonchev–Trinajstić information content (AvgIpc) is 3.61. The summed E-state index contributed by atoms with van der Waals surface area (Å²) in [7, 11) is 0. The van der Waals surface area contributed by atoms with Gasteiger partial charge in [0.05, 0.1) is 54.0 Å². The van der Waals surface area contributed by atoms with E-state index in [1.165, 1.54) is 31.4 Å². The molecule has 3 aliphatic rings. The summed E-state index contributed by atoms with van der Waals surface area (Å²) in [5, 5.41) is 5.24. The first-order chi connectivity index (χ1) is 18.6. The first-order valence-corrected chi connectivity index (χ1v) is 13.4. The van der Waals surface area contributed by atoms with Gasteiger partial charge in [-0.25, -0.2) is 14.1 Å². The summed E-state index contributed by atoms with van der Waals surface area (Å²) in [6.45, 7) is 4.80. The molecule has 0 saturated carbocycles. The second kappa shape index (κ2) is 9.47. The van der Waals surface area contributed by atoms with Crippen molar-refractivity contribution in [1.82, 2.24) is 24.7 Å². The maximum atomic E-state index is 14.6. The molecule has 192 valence electrons. The van der Waals surface area contributed by atoms with Crippen LogP contribution in [0.4, 0.5) is 16.0 Å². The Labute approximate surface area is 224 Å². The van der Waals surface area contributed by atoms with Gasteiger partial charge in [0.25, 0.3) is 0 Å². The van der Waals surface area contributed by atoms with Crippen LogP contribution in [0.2, 0.25) is 5.02 Å². The molecule has 0 radical (unpaired) electrons. The number of aromatic nitrogens is 5. The summed E-state index contributed by atoms with van der Waals surface area (Å²) in [6, 6.07) is 10.4. The maximum absolute atomic E-state index is 14.6. The van der Waals surface area contributed by atoms with Gasteiger partial charge in [-0.1, -0.05) is 17.7 Å². The van der Waals surface area contributed by atoms with Crippen molar-refractivity contribution in [2.24, 2.45) is 4.99 Å². The molecular formula is C28H26ClFN8. The van der Waals surface area contributed by atoms with Gasteiger partial charge in [0.15, 0.2) is 0 Å². The van der Waals surface area contributed by atoms with Gasteiger partial charge in [-0.05, 0) is 55.7 Å². The number of allylic oxidation sites excluding steroid dienone is 1. The lowest BCUT2D eigenvalue weighted by molar-refractivity contribution is 0.510. The van der Waals surface area contributed by atoms with Crippen LogP contribution in [0.5, 0.6) is 0 Å². The quantitative estimate of drug-likeness (QED) is 0.374. The number of hydrogen-bond donors (Lipinski definition) is 0. The van der Waals surface area contributed by atoms with Crippen molar-refractivity contribution >= 4 is 45.6 Å². The molecule has 4 aromatic rings. The molecule has 3 aliphatic heterocycles. The highest BCUT2D eigenvalue weighted by atomic mass is 35.5. The van der Waals surface area contributed by atoms with Crippen molar-refractivity contribution in [3.63, 3.8) is 0 Å². The van der Waals surface area contributed by atoms with E-state index in [-0.39, 0.29) is 5.82 Å². The van der Waals surface area contributed by atoms with Gasteiger partial charge in [-0.15, -0.1) is 5.10 Å². The zero-order valence-corrected chi connectivity index (χ0v) is 21.6. The van der Waals surface area contributed by atoms with Crippen LogP contribution in [0.1, 0.15) is 36.3 Å². The van der Waals surface area contributed by atoms with Crippen LogP contribution in [0.3, 0.4) is 0 Å². The van der Waals surface area contributed by atoms with Crippen LogP contribution in [-0.4, -0.2) is 56.6 Å². The molecule has 3 aromatic heterocycles. The minimum Gasteiger partial charge on any atom is -0.361 e. The number of halogens is 2. The summed E-state index contributed by atoms with van der Waals surface area (Å²) in [6.07, 6.45) is 7.55. The monoisotopic (exact) mass is 528 g/mol. The summed E-state index contributed by atoms with van der Waals surface area (Å²) in [5.74, 6) is 1.47. The van der Waals surface area contributed by atoms with Crippen LogP contribution in [0.25, 0.3) is 16.6 Å². The van der Waals surface area contributed by atoms with Gasteiger partial charge in [0, 0.05) is 35.8 Å². The van der Waals surface area contributed by atoms with Crippen molar-refractivity contribution in [2.75, 3.05) is 36.0 Å². The lowest BCUT2D eigenvalue weighted by Crippen LogP contribution is -2.34. The van der Waals surface area contributed by atoms with Gasteiger partial charge in [0.2, 0.25) is 5.95 Å². The van der Waals surface area contributed by atoms with Crippen molar-refractivity contribution in [2.45, 2.75) is 32.4 Å². The van der Waals surface area contributed by atoms with E-state index in [2.05, 4.69) is 25.8 Å². The van der Waals surface area contributed by atoms with E-state index in [1.807, 2.05) is 29.1 Å². The van der Waals surface area contributed by atoms with E-state index < -0.39 is 0 Å². The zero-order valence-electron chi connectivity index (χ0n) is 20.8. The maximum Gasteiger partial charge on any atom is 0.245 e. The molecule has 0 unspecified atom stereocenters. The predicted molar refractivity (Wildman–Crippen MR) is 147 cm³/mol. The van der Waals surface area contributed by atoms with Gasteiger partial charge in [-0.3, -0.25) is 9.98 Å². The third-order valence-corrected chi connectivity index (χ3v) is 7.67. The van der Waals surface area contributed by atoms with E-state index in [0.29, 0.717) is 29.4 Å². The fraction of sp³-hybridized carbons (Fsp3) is 0.321. The van der Waals surface area contributed by atoms with E-state index >= 15 is 0 Å². The molecule has 0 spiro atoms. The third-order valence-electron chi connectivity index (χ3n) is 7.44. The Balaban J connectivity index is 1.16. The number of pyridine rings is 2. The molecule has 0 atom stereocenters. The van der Waals surface area contributed by atoms with Crippen LogP contribution in [0.15, 0.2) is 53.7 Å². The molecule has 0 amide bonds. The second-order valence-corrected chi connectivity index (χ2v) is 10.3. The van der Waals surface area contributed by atoms with E-state index in [0.717, 1.165) is 65.9 Å². The summed E-state index contributed by atoms with van der Waals surface area (Å²) in [4.78, 5) is 23.6. The van der Waals surface area contributed by atoms with Crippen LogP contribution >= 0.6 is 11.6 Å². The highest BCUT2D eigenvalue weighted by molar-refractivity contribution is 6.35. The fourth-order valence-corrected chi connectivity index (χ4v) is 5.61. The Morgan fingerprint density at radius 2 is 1.76 bits per heavy atom. The third kappa shape index (κ3) is 4.20. The molecule has 1 saturated heterocycles. The van der Waals surface area contributed by atoms with Crippen LogP contribution in [-0.2, 0) is 13.1 Å².